The van der Waals surface area contributed by atoms with E-state index in [2.05, 4.69) is 6.58 Å². The van der Waals surface area contributed by atoms with Gasteiger partial charge in [0, 0.05) is 5.02 Å². The summed E-state index contributed by atoms with van der Waals surface area (Å²) in [6, 6.07) is 6.15. The molecule has 0 saturated heterocycles. The zero-order valence-corrected chi connectivity index (χ0v) is 12.8. The van der Waals surface area contributed by atoms with Crippen molar-refractivity contribution in [2.75, 3.05) is 0 Å². The highest BCUT2D eigenvalue weighted by atomic mass is 35.5. The molecule has 106 valence electrons. The summed E-state index contributed by atoms with van der Waals surface area (Å²) < 4.78 is 44.2. The molecule has 1 nitrogen and oxygen atoms in total. The van der Waals surface area contributed by atoms with Gasteiger partial charge < -0.3 is 4.43 Å². The van der Waals surface area contributed by atoms with E-state index >= 15 is 0 Å². The second-order valence-electron chi connectivity index (χ2n) is 5.18. The largest absolute Gasteiger partial charge is 0.414 e. The van der Waals surface area contributed by atoms with E-state index in [1.165, 1.54) is 12.1 Å². The van der Waals surface area contributed by atoms with Crippen LogP contribution in [-0.4, -0.2) is 14.5 Å². The van der Waals surface area contributed by atoms with E-state index in [0.717, 1.165) is 0 Å². The molecule has 6 heteroatoms. The maximum Gasteiger partial charge on any atom is 0.414 e. The molecular formula is C13H16ClF3OSi. The smallest absolute Gasteiger partial charge is 0.407 e. The Balaban J connectivity index is 3.12. The summed E-state index contributed by atoms with van der Waals surface area (Å²) in [5, 5.41) is 0.466. The summed E-state index contributed by atoms with van der Waals surface area (Å²) in [6.45, 7) is 8.65. The Morgan fingerprint density at radius 1 is 1.21 bits per heavy atom. The monoisotopic (exact) mass is 308 g/mol. The lowest BCUT2D eigenvalue weighted by Gasteiger charge is -2.29. The number of hydrogen-bond acceptors (Lipinski definition) is 1. The Morgan fingerprint density at radius 3 is 2.05 bits per heavy atom. The van der Waals surface area contributed by atoms with Gasteiger partial charge in [0.25, 0.3) is 0 Å². The van der Waals surface area contributed by atoms with Gasteiger partial charge in [0.2, 0.25) is 0 Å². The Morgan fingerprint density at radius 2 is 1.68 bits per heavy atom. The van der Waals surface area contributed by atoms with Gasteiger partial charge in [-0.25, -0.2) is 0 Å². The van der Waals surface area contributed by atoms with Crippen LogP contribution < -0.4 is 0 Å². The highest BCUT2D eigenvalue weighted by Crippen LogP contribution is 2.38. The second kappa shape index (κ2) is 5.69. The Hall–Kier alpha value is -0.783. The summed E-state index contributed by atoms with van der Waals surface area (Å²) >= 11 is 5.74. The summed E-state index contributed by atoms with van der Waals surface area (Å²) in [4.78, 5) is 0. The second-order valence-corrected chi connectivity index (χ2v) is 10.1. The minimum absolute atomic E-state index is 0.411. The van der Waals surface area contributed by atoms with Crippen LogP contribution in [0.25, 0.3) is 0 Å². The number of alkyl halides is 3. The van der Waals surface area contributed by atoms with Crippen LogP contribution >= 0.6 is 11.6 Å². The van der Waals surface area contributed by atoms with Gasteiger partial charge in [-0.3, -0.25) is 0 Å². The number of benzene rings is 1. The van der Waals surface area contributed by atoms with Crippen LogP contribution in [0, 0.1) is 0 Å². The molecule has 0 aliphatic rings. The van der Waals surface area contributed by atoms with Crippen LogP contribution in [-0.2, 0) is 4.43 Å². The van der Waals surface area contributed by atoms with Gasteiger partial charge in [-0.15, -0.1) is 0 Å². The molecule has 0 bridgehead atoms. The molecule has 0 aliphatic heterocycles. The number of rotatable bonds is 4. The van der Waals surface area contributed by atoms with Crippen molar-refractivity contribution in [2.24, 2.45) is 0 Å². The molecule has 0 radical (unpaired) electrons. The highest BCUT2D eigenvalue weighted by molar-refractivity contribution is 6.69. The van der Waals surface area contributed by atoms with Crippen LogP contribution in [0.2, 0.25) is 24.7 Å². The van der Waals surface area contributed by atoms with Crippen molar-refractivity contribution >= 4 is 19.9 Å². The van der Waals surface area contributed by atoms with Gasteiger partial charge in [-0.05, 0) is 37.3 Å². The maximum atomic E-state index is 12.8. The third-order valence-electron chi connectivity index (χ3n) is 2.32. The number of halogens is 4. The molecule has 19 heavy (non-hydrogen) atoms. The zero-order valence-electron chi connectivity index (χ0n) is 11.0. The molecule has 1 aromatic carbocycles. The van der Waals surface area contributed by atoms with Crippen molar-refractivity contribution in [3.05, 3.63) is 47.0 Å². The first kappa shape index (κ1) is 16.3. The SMILES string of the molecule is C=C(C(O[Si](C)(C)C)c1ccc(Cl)cc1)C(F)(F)F. The molecule has 1 aromatic rings. The van der Waals surface area contributed by atoms with E-state index in [0.29, 0.717) is 10.6 Å². The van der Waals surface area contributed by atoms with E-state index in [1.54, 1.807) is 12.1 Å². The first-order chi connectivity index (χ1) is 8.50. The van der Waals surface area contributed by atoms with Gasteiger partial charge in [0.05, 0.1) is 5.57 Å². The Kier molecular flexibility index (Phi) is 4.87. The van der Waals surface area contributed by atoms with Crippen molar-refractivity contribution < 1.29 is 17.6 Å². The fraction of sp³-hybridized carbons (Fsp3) is 0.385. The lowest BCUT2D eigenvalue weighted by Crippen LogP contribution is -2.31. The minimum atomic E-state index is -4.48. The van der Waals surface area contributed by atoms with Gasteiger partial charge in [0.15, 0.2) is 8.32 Å². The van der Waals surface area contributed by atoms with Crippen molar-refractivity contribution in [3.8, 4) is 0 Å². The van der Waals surface area contributed by atoms with Gasteiger partial charge in [-0.1, -0.05) is 30.3 Å². The van der Waals surface area contributed by atoms with Crippen molar-refractivity contribution in [3.63, 3.8) is 0 Å². The highest BCUT2D eigenvalue weighted by Gasteiger charge is 2.39. The van der Waals surface area contributed by atoms with Gasteiger partial charge in [-0.2, -0.15) is 13.2 Å². The lowest BCUT2D eigenvalue weighted by atomic mass is 10.0. The molecule has 0 aliphatic carbocycles. The van der Waals surface area contributed by atoms with Gasteiger partial charge in [0.1, 0.15) is 6.10 Å². The summed E-state index contributed by atoms with van der Waals surface area (Å²) in [6.07, 6.45) is -5.66. The first-order valence-corrected chi connectivity index (χ1v) is 9.48. The Labute approximate surface area is 117 Å². The quantitative estimate of drug-likeness (QED) is 0.538. The fourth-order valence-electron chi connectivity index (χ4n) is 1.48. The average Bonchev–Trinajstić information content (AvgIpc) is 2.24. The van der Waals surface area contributed by atoms with E-state index < -0.39 is 26.2 Å². The molecule has 0 aromatic heterocycles. The van der Waals surface area contributed by atoms with Crippen LogP contribution in [0.15, 0.2) is 36.4 Å². The molecule has 0 spiro atoms. The third kappa shape index (κ3) is 5.01. The van der Waals surface area contributed by atoms with Crippen LogP contribution in [0.4, 0.5) is 13.2 Å². The fourth-order valence-corrected chi connectivity index (χ4v) is 2.59. The van der Waals surface area contributed by atoms with Crippen molar-refractivity contribution in [1.82, 2.24) is 0 Å². The molecule has 1 atom stereocenters. The molecule has 0 fully saturated rings. The zero-order chi connectivity index (χ0) is 14.8. The summed E-state index contributed by atoms with van der Waals surface area (Å²) in [5.74, 6) is 0. The molecule has 0 heterocycles. The van der Waals surface area contributed by atoms with Crippen LogP contribution in [0.3, 0.4) is 0 Å². The molecular weight excluding hydrogens is 293 g/mol. The topological polar surface area (TPSA) is 9.23 Å². The molecule has 1 rings (SSSR count). The summed E-state index contributed by atoms with van der Waals surface area (Å²) in [5.41, 5.74) is -0.480. The average molecular weight is 309 g/mol. The van der Waals surface area contributed by atoms with E-state index in [9.17, 15) is 13.2 Å². The van der Waals surface area contributed by atoms with Crippen LogP contribution in [0.5, 0.6) is 0 Å². The van der Waals surface area contributed by atoms with Crippen molar-refractivity contribution in [1.29, 1.82) is 0 Å². The summed E-state index contributed by atoms with van der Waals surface area (Å²) in [7, 11) is -2.15. The van der Waals surface area contributed by atoms with E-state index in [4.69, 9.17) is 16.0 Å². The van der Waals surface area contributed by atoms with Crippen molar-refractivity contribution in [2.45, 2.75) is 31.9 Å². The standard InChI is InChI=1S/C13H16ClF3OSi/c1-9(13(15,16)17)12(18-19(2,3)4)10-5-7-11(14)8-6-10/h5-8,12H,1H2,2-4H3. The molecule has 0 N–H and O–H groups in total. The third-order valence-corrected chi connectivity index (χ3v) is 3.52. The van der Waals surface area contributed by atoms with Gasteiger partial charge >= 0.3 is 6.18 Å². The normalized spacial score (nSPS) is 14.3. The minimum Gasteiger partial charge on any atom is -0.407 e. The van der Waals surface area contributed by atoms with E-state index in [1.807, 2.05) is 19.6 Å². The number of hydrogen-bond donors (Lipinski definition) is 0. The molecule has 1 unspecified atom stereocenters. The maximum absolute atomic E-state index is 12.8. The molecule has 0 amide bonds. The molecule has 0 saturated carbocycles. The first-order valence-electron chi connectivity index (χ1n) is 5.70. The van der Waals surface area contributed by atoms with Crippen LogP contribution in [0.1, 0.15) is 11.7 Å². The predicted molar refractivity (Wildman–Crippen MR) is 73.8 cm³/mol. The lowest BCUT2D eigenvalue weighted by molar-refractivity contribution is -0.104. The Bertz CT molecular complexity index is 448. The predicted octanol–water partition coefficient (Wildman–Crippen LogP) is 5.35. The van der Waals surface area contributed by atoms with E-state index in [-0.39, 0.29) is 0 Å².